The summed E-state index contributed by atoms with van der Waals surface area (Å²) in [5, 5.41) is 6.08. The molecule has 2 N–H and O–H groups in total. The van der Waals surface area contributed by atoms with E-state index in [1.807, 2.05) is 0 Å². The summed E-state index contributed by atoms with van der Waals surface area (Å²) in [6, 6.07) is 4.93. The zero-order chi connectivity index (χ0) is 17.9. The number of hydrogen-bond acceptors (Lipinski definition) is 4. The summed E-state index contributed by atoms with van der Waals surface area (Å²) < 4.78 is 27.5. The van der Waals surface area contributed by atoms with Crippen molar-refractivity contribution in [2.24, 2.45) is 0 Å². The number of nitrogens with zero attached hydrogens (tertiary/aromatic N) is 1. The molecule has 1 aromatic carbocycles. The molecule has 0 aromatic heterocycles. The van der Waals surface area contributed by atoms with Crippen LogP contribution in [0.3, 0.4) is 0 Å². The molecule has 0 radical (unpaired) electrons. The number of nitrogens with one attached hydrogen (secondary N) is 2. The minimum absolute atomic E-state index is 0.0927. The van der Waals surface area contributed by atoms with E-state index in [4.69, 9.17) is 0 Å². The van der Waals surface area contributed by atoms with Crippen LogP contribution in [0.4, 0.5) is 5.69 Å². The van der Waals surface area contributed by atoms with Crippen molar-refractivity contribution in [3.05, 3.63) is 23.8 Å². The van der Waals surface area contributed by atoms with Gasteiger partial charge in [0.1, 0.15) is 0 Å². The first-order chi connectivity index (χ1) is 12.0. The van der Waals surface area contributed by atoms with Crippen molar-refractivity contribution in [3.8, 4) is 0 Å². The molecule has 2 heterocycles. The number of amides is 1. The van der Waals surface area contributed by atoms with Gasteiger partial charge >= 0.3 is 0 Å². The van der Waals surface area contributed by atoms with Crippen LogP contribution in [0.2, 0.25) is 0 Å². The first-order valence-corrected chi connectivity index (χ1v) is 10.6. The smallest absolute Gasteiger partial charge is 0.243 e. The van der Waals surface area contributed by atoms with Gasteiger partial charge in [0.05, 0.1) is 10.9 Å². The fraction of sp³-hybridized carbons (Fsp3) is 0.611. The maximum atomic E-state index is 12.9. The van der Waals surface area contributed by atoms with E-state index in [2.05, 4.69) is 10.6 Å². The van der Waals surface area contributed by atoms with Crippen molar-refractivity contribution in [3.63, 3.8) is 0 Å². The van der Waals surface area contributed by atoms with Crippen LogP contribution < -0.4 is 10.6 Å². The van der Waals surface area contributed by atoms with Crippen molar-refractivity contribution >= 4 is 21.6 Å². The highest BCUT2D eigenvalue weighted by atomic mass is 32.2. The second-order valence-corrected chi connectivity index (χ2v) is 8.84. The van der Waals surface area contributed by atoms with E-state index in [0.717, 1.165) is 45.1 Å². The van der Waals surface area contributed by atoms with Gasteiger partial charge in [0.2, 0.25) is 15.9 Å². The number of hydrogen-bond donors (Lipinski definition) is 2. The first kappa shape index (κ1) is 18.4. The van der Waals surface area contributed by atoms with Crippen LogP contribution in [-0.2, 0) is 14.8 Å². The van der Waals surface area contributed by atoms with E-state index in [0.29, 0.717) is 29.2 Å². The Bertz CT molecular complexity index is 721. The lowest BCUT2D eigenvalue weighted by Crippen LogP contribution is -2.43. The summed E-state index contributed by atoms with van der Waals surface area (Å²) in [6.07, 6.45) is 5.83. The topological polar surface area (TPSA) is 78.5 Å². The van der Waals surface area contributed by atoms with E-state index >= 15 is 0 Å². The minimum Gasteiger partial charge on any atom is -0.325 e. The summed E-state index contributed by atoms with van der Waals surface area (Å²) in [5.74, 6) is -0.0927. The molecule has 3 rings (SSSR count). The Balaban J connectivity index is 1.79. The molecule has 138 valence electrons. The maximum Gasteiger partial charge on any atom is 0.243 e. The molecular formula is C18H27N3O3S. The number of rotatable bonds is 4. The Morgan fingerprint density at radius 1 is 1.16 bits per heavy atom. The molecule has 0 bridgehead atoms. The highest BCUT2D eigenvalue weighted by Crippen LogP contribution is 2.26. The monoisotopic (exact) mass is 365 g/mol. The number of carbonyl (C=O) groups is 1. The van der Waals surface area contributed by atoms with Crippen LogP contribution in [-0.4, -0.2) is 44.3 Å². The number of piperidine rings is 2. The van der Waals surface area contributed by atoms with Crippen molar-refractivity contribution in [1.29, 1.82) is 0 Å². The molecule has 7 heteroatoms. The van der Waals surface area contributed by atoms with Crippen molar-refractivity contribution < 1.29 is 13.2 Å². The zero-order valence-corrected chi connectivity index (χ0v) is 15.6. The second-order valence-electron chi connectivity index (χ2n) is 6.94. The number of benzene rings is 1. The van der Waals surface area contributed by atoms with Gasteiger partial charge in [-0.15, -0.1) is 0 Å². The fourth-order valence-electron chi connectivity index (χ4n) is 3.51. The lowest BCUT2D eigenvalue weighted by Gasteiger charge is -2.27. The SMILES string of the molecule is Cc1ccc(NC(=O)C2CCCCN2)cc1S(=O)(=O)N1CCCCC1. The van der Waals surface area contributed by atoms with Crippen molar-refractivity contribution in [1.82, 2.24) is 9.62 Å². The molecule has 0 saturated carbocycles. The predicted molar refractivity (Wildman–Crippen MR) is 98.1 cm³/mol. The fourth-order valence-corrected chi connectivity index (χ4v) is 5.27. The van der Waals surface area contributed by atoms with Crippen molar-refractivity contribution in [2.45, 2.75) is 56.4 Å². The third kappa shape index (κ3) is 4.22. The van der Waals surface area contributed by atoms with Gasteiger partial charge < -0.3 is 10.6 Å². The highest BCUT2D eigenvalue weighted by molar-refractivity contribution is 7.89. The highest BCUT2D eigenvalue weighted by Gasteiger charge is 2.28. The molecule has 25 heavy (non-hydrogen) atoms. The van der Waals surface area contributed by atoms with Crippen LogP contribution in [0, 0.1) is 6.92 Å². The lowest BCUT2D eigenvalue weighted by atomic mass is 10.0. The third-order valence-electron chi connectivity index (χ3n) is 5.02. The average Bonchev–Trinajstić information content (AvgIpc) is 2.64. The summed E-state index contributed by atoms with van der Waals surface area (Å²) in [4.78, 5) is 12.7. The molecule has 1 aromatic rings. The van der Waals surface area contributed by atoms with Crippen LogP contribution in [0.15, 0.2) is 23.1 Å². The van der Waals surface area contributed by atoms with E-state index in [1.165, 1.54) is 0 Å². The van der Waals surface area contributed by atoms with Crippen LogP contribution in [0.1, 0.15) is 44.1 Å². The van der Waals surface area contributed by atoms with Gasteiger partial charge in [0.25, 0.3) is 0 Å². The average molecular weight is 365 g/mol. The Kier molecular flexibility index (Phi) is 5.76. The Morgan fingerprint density at radius 3 is 2.60 bits per heavy atom. The molecular weight excluding hydrogens is 338 g/mol. The zero-order valence-electron chi connectivity index (χ0n) is 14.8. The van der Waals surface area contributed by atoms with Gasteiger partial charge in [-0.25, -0.2) is 8.42 Å². The van der Waals surface area contributed by atoms with Gasteiger partial charge in [-0.1, -0.05) is 18.9 Å². The molecule has 2 aliphatic rings. The van der Waals surface area contributed by atoms with Gasteiger partial charge in [-0.3, -0.25) is 4.79 Å². The number of anilines is 1. The summed E-state index contributed by atoms with van der Waals surface area (Å²) >= 11 is 0. The van der Waals surface area contributed by atoms with Gasteiger partial charge in [0.15, 0.2) is 0 Å². The Hall–Kier alpha value is -1.44. The molecule has 2 saturated heterocycles. The van der Waals surface area contributed by atoms with Crippen LogP contribution >= 0.6 is 0 Å². The molecule has 1 unspecified atom stereocenters. The minimum atomic E-state index is -3.51. The first-order valence-electron chi connectivity index (χ1n) is 9.13. The molecule has 0 spiro atoms. The van der Waals surface area contributed by atoms with E-state index in [9.17, 15) is 13.2 Å². The van der Waals surface area contributed by atoms with Gasteiger partial charge in [-0.05, 0) is 56.8 Å². The molecule has 2 aliphatic heterocycles. The summed E-state index contributed by atoms with van der Waals surface area (Å²) in [7, 11) is -3.51. The molecule has 0 aliphatic carbocycles. The Labute approximate surface area is 150 Å². The number of sulfonamides is 1. The van der Waals surface area contributed by atoms with Crippen molar-refractivity contribution in [2.75, 3.05) is 25.0 Å². The predicted octanol–water partition coefficient (Wildman–Crippen LogP) is 2.25. The van der Waals surface area contributed by atoms with E-state index in [1.54, 1.807) is 29.4 Å². The normalized spacial score (nSPS) is 22.5. The van der Waals surface area contributed by atoms with E-state index < -0.39 is 10.0 Å². The number of aryl methyl sites for hydroxylation is 1. The quantitative estimate of drug-likeness (QED) is 0.858. The standard InChI is InChI=1S/C18H27N3O3S/c1-14-8-9-15(20-18(22)16-7-3-4-10-19-16)13-17(14)25(23,24)21-11-5-2-6-12-21/h8-9,13,16,19H,2-7,10-12H2,1H3,(H,20,22). The van der Waals surface area contributed by atoms with Crippen LogP contribution in [0.25, 0.3) is 0 Å². The maximum absolute atomic E-state index is 12.9. The lowest BCUT2D eigenvalue weighted by molar-refractivity contribution is -0.118. The Morgan fingerprint density at radius 2 is 1.92 bits per heavy atom. The van der Waals surface area contributed by atoms with Gasteiger partial charge in [0, 0.05) is 18.8 Å². The number of carbonyl (C=O) groups excluding carboxylic acids is 1. The summed E-state index contributed by atoms with van der Waals surface area (Å²) in [5.41, 5.74) is 1.25. The molecule has 1 atom stereocenters. The summed E-state index contributed by atoms with van der Waals surface area (Å²) in [6.45, 7) is 3.79. The third-order valence-corrected chi connectivity index (χ3v) is 7.06. The second kappa shape index (κ2) is 7.85. The van der Waals surface area contributed by atoms with Gasteiger partial charge in [-0.2, -0.15) is 4.31 Å². The largest absolute Gasteiger partial charge is 0.325 e. The molecule has 2 fully saturated rings. The van der Waals surface area contributed by atoms with Crippen LogP contribution in [0.5, 0.6) is 0 Å². The molecule has 6 nitrogen and oxygen atoms in total. The van der Waals surface area contributed by atoms with E-state index in [-0.39, 0.29) is 11.9 Å². The molecule has 1 amide bonds.